The van der Waals surface area contributed by atoms with Crippen LogP contribution in [0.15, 0.2) is 28.5 Å². The van der Waals surface area contributed by atoms with E-state index in [-0.39, 0.29) is 0 Å². The molecule has 0 radical (unpaired) electrons. The number of aliphatic hydroxyl groups excluding tert-OH is 1. The maximum atomic E-state index is 9.74. The molecule has 0 aromatic carbocycles. The molecule has 0 aliphatic carbocycles. The third kappa shape index (κ3) is 3.11. The van der Waals surface area contributed by atoms with Crippen LogP contribution in [0.5, 0.6) is 0 Å². The minimum Gasteiger partial charge on any atom is -0.389 e. The molecule has 2 aromatic rings. The zero-order chi connectivity index (χ0) is 14.0. The first-order chi connectivity index (χ1) is 8.99. The summed E-state index contributed by atoms with van der Waals surface area (Å²) in [5.41, 5.74) is 3.86. The summed E-state index contributed by atoms with van der Waals surface area (Å²) < 4.78 is 0. The smallest absolute Gasteiger partial charge is 0.194 e. The largest absolute Gasteiger partial charge is 0.389 e. The van der Waals surface area contributed by atoms with Crippen molar-refractivity contribution < 1.29 is 5.11 Å². The highest BCUT2D eigenvalue weighted by Gasteiger charge is 2.13. The van der Waals surface area contributed by atoms with Crippen molar-refractivity contribution in [2.24, 2.45) is 0 Å². The third-order valence-corrected chi connectivity index (χ3v) is 3.95. The van der Waals surface area contributed by atoms with Crippen LogP contribution in [-0.4, -0.2) is 20.1 Å². The predicted octanol–water partition coefficient (Wildman–Crippen LogP) is 3.00. The summed E-state index contributed by atoms with van der Waals surface area (Å²) in [5, 5.41) is 11.2. The highest BCUT2D eigenvalue weighted by molar-refractivity contribution is 7.99. The molecule has 1 atom stereocenters. The van der Waals surface area contributed by atoms with Crippen LogP contribution in [-0.2, 0) is 0 Å². The second kappa shape index (κ2) is 5.67. The summed E-state index contributed by atoms with van der Waals surface area (Å²) >= 11 is 1.39. The Kier molecular flexibility index (Phi) is 4.17. The Morgan fingerprint density at radius 1 is 1.16 bits per heavy atom. The summed E-state index contributed by atoms with van der Waals surface area (Å²) in [6, 6.07) is 3.69. The molecule has 0 saturated heterocycles. The standard InChI is InChI=1S/C14H17N3OS/c1-8-9(2)16-14(17-10(8)3)19-13-12(11(4)18)6-5-7-15-13/h5-7,11,18H,1-4H3/t11-/m0/s1. The van der Waals surface area contributed by atoms with Gasteiger partial charge in [0.1, 0.15) is 5.03 Å². The number of hydrogen-bond donors (Lipinski definition) is 1. The maximum absolute atomic E-state index is 9.74. The molecular formula is C14H17N3OS. The Morgan fingerprint density at radius 3 is 2.37 bits per heavy atom. The van der Waals surface area contributed by atoms with Crippen LogP contribution in [0.3, 0.4) is 0 Å². The molecule has 0 spiro atoms. The molecule has 19 heavy (non-hydrogen) atoms. The van der Waals surface area contributed by atoms with Crippen molar-refractivity contribution in [2.45, 2.75) is 44.0 Å². The van der Waals surface area contributed by atoms with E-state index in [0.29, 0.717) is 5.16 Å². The molecule has 1 N–H and O–H groups in total. The Hall–Kier alpha value is -1.46. The summed E-state index contributed by atoms with van der Waals surface area (Å²) in [5.74, 6) is 0. The lowest BCUT2D eigenvalue weighted by Crippen LogP contribution is -2.00. The topological polar surface area (TPSA) is 58.9 Å². The number of nitrogens with zero attached hydrogens (tertiary/aromatic N) is 3. The first-order valence-corrected chi connectivity index (χ1v) is 6.93. The fourth-order valence-corrected chi connectivity index (χ4v) is 2.69. The molecular weight excluding hydrogens is 258 g/mol. The zero-order valence-electron chi connectivity index (χ0n) is 11.5. The first-order valence-electron chi connectivity index (χ1n) is 6.11. The summed E-state index contributed by atoms with van der Waals surface area (Å²) in [6.07, 6.45) is 1.16. The van der Waals surface area contributed by atoms with E-state index in [9.17, 15) is 5.11 Å². The highest BCUT2D eigenvalue weighted by atomic mass is 32.2. The van der Waals surface area contributed by atoms with Gasteiger partial charge in [0.2, 0.25) is 0 Å². The SMILES string of the molecule is Cc1nc(Sc2ncccc2[C@H](C)O)nc(C)c1C. The van der Waals surface area contributed by atoms with Crippen molar-refractivity contribution in [3.05, 3.63) is 40.8 Å². The second-order valence-electron chi connectivity index (χ2n) is 4.48. The summed E-state index contributed by atoms with van der Waals surface area (Å²) in [4.78, 5) is 13.2. The van der Waals surface area contributed by atoms with Crippen LogP contribution in [0, 0.1) is 20.8 Å². The summed E-state index contributed by atoms with van der Waals surface area (Å²) in [7, 11) is 0. The van der Waals surface area contributed by atoms with Gasteiger partial charge in [0.15, 0.2) is 5.16 Å². The van der Waals surface area contributed by atoms with Gasteiger partial charge in [0.25, 0.3) is 0 Å². The minimum absolute atomic E-state index is 0.552. The molecule has 0 saturated carbocycles. The van der Waals surface area contributed by atoms with Crippen molar-refractivity contribution in [3.63, 3.8) is 0 Å². The van der Waals surface area contributed by atoms with Gasteiger partial charge < -0.3 is 5.11 Å². The van der Waals surface area contributed by atoms with Gasteiger partial charge in [-0.25, -0.2) is 15.0 Å². The molecule has 2 heterocycles. The van der Waals surface area contributed by atoms with E-state index in [1.54, 1.807) is 13.1 Å². The van der Waals surface area contributed by atoms with Crippen LogP contribution in [0.4, 0.5) is 0 Å². The highest BCUT2D eigenvalue weighted by Crippen LogP contribution is 2.30. The Labute approximate surface area is 117 Å². The van der Waals surface area contributed by atoms with Crippen molar-refractivity contribution in [1.29, 1.82) is 0 Å². The predicted molar refractivity (Wildman–Crippen MR) is 75.2 cm³/mol. The van der Waals surface area contributed by atoms with Gasteiger partial charge in [-0.3, -0.25) is 0 Å². The molecule has 0 fully saturated rings. The third-order valence-electron chi connectivity index (χ3n) is 3.05. The van der Waals surface area contributed by atoms with Crippen LogP contribution in [0.2, 0.25) is 0 Å². The van der Waals surface area contributed by atoms with E-state index >= 15 is 0 Å². The van der Waals surface area contributed by atoms with E-state index in [0.717, 1.165) is 27.5 Å². The van der Waals surface area contributed by atoms with E-state index < -0.39 is 6.10 Å². The van der Waals surface area contributed by atoms with Gasteiger partial charge in [0, 0.05) is 23.1 Å². The Bertz CT molecular complexity index is 576. The van der Waals surface area contributed by atoms with Crippen molar-refractivity contribution in [1.82, 2.24) is 15.0 Å². The molecule has 0 aliphatic rings. The molecule has 0 unspecified atom stereocenters. The van der Waals surface area contributed by atoms with Crippen LogP contribution >= 0.6 is 11.8 Å². The number of aromatic nitrogens is 3. The van der Waals surface area contributed by atoms with E-state index in [1.165, 1.54) is 11.8 Å². The fourth-order valence-electron chi connectivity index (χ4n) is 1.68. The molecule has 2 aromatic heterocycles. The van der Waals surface area contributed by atoms with E-state index in [2.05, 4.69) is 15.0 Å². The number of hydrogen-bond acceptors (Lipinski definition) is 5. The number of aryl methyl sites for hydroxylation is 2. The number of aliphatic hydroxyl groups is 1. The average molecular weight is 275 g/mol. The van der Waals surface area contributed by atoms with Gasteiger partial charge in [-0.1, -0.05) is 6.07 Å². The van der Waals surface area contributed by atoms with Crippen molar-refractivity contribution in [3.8, 4) is 0 Å². The average Bonchev–Trinajstić information content (AvgIpc) is 2.36. The van der Waals surface area contributed by atoms with E-state index in [4.69, 9.17) is 0 Å². The molecule has 0 amide bonds. The normalized spacial score (nSPS) is 12.5. The molecule has 4 nitrogen and oxygen atoms in total. The minimum atomic E-state index is -0.552. The lowest BCUT2D eigenvalue weighted by atomic mass is 10.2. The van der Waals surface area contributed by atoms with Gasteiger partial charge in [-0.05, 0) is 51.1 Å². The molecule has 0 aliphatic heterocycles. The first kappa shape index (κ1) is 14.0. The van der Waals surface area contributed by atoms with Crippen LogP contribution < -0.4 is 0 Å². The number of rotatable bonds is 3. The zero-order valence-corrected chi connectivity index (χ0v) is 12.3. The Balaban J connectivity index is 2.37. The Morgan fingerprint density at radius 2 is 1.79 bits per heavy atom. The van der Waals surface area contributed by atoms with Gasteiger partial charge in [-0.15, -0.1) is 0 Å². The molecule has 0 bridgehead atoms. The molecule has 2 rings (SSSR count). The van der Waals surface area contributed by atoms with Gasteiger partial charge in [-0.2, -0.15) is 0 Å². The molecule has 5 heteroatoms. The fraction of sp³-hybridized carbons (Fsp3) is 0.357. The van der Waals surface area contributed by atoms with Gasteiger partial charge >= 0.3 is 0 Å². The van der Waals surface area contributed by atoms with Crippen molar-refractivity contribution >= 4 is 11.8 Å². The van der Waals surface area contributed by atoms with Crippen LogP contribution in [0.1, 0.15) is 35.5 Å². The summed E-state index contributed by atoms with van der Waals surface area (Å²) in [6.45, 7) is 7.69. The van der Waals surface area contributed by atoms with Gasteiger partial charge in [0.05, 0.1) is 6.10 Å². The van der Waals surface area contributed by atoms with Crippen molar-refractivity contribution in [2.75, 3.05) is 0 Å². The molecule has 100 valence electrons. The maximum Gasteiger partial charge on any atom is 0.194 e. The van der Waals surface area contributed by atoms with Crippen LogP contribution in [0.25, 0.3) is 0 Å². The monoisotopic (exact) mass is 275 g/mol. The number of pyridine rings is 1. The quantitative estimate of drug-likeness (QED) is 0.873. The lowest BCUT2D eigenvalue weighted by Gasteiger charge is -2.10. The van der Waals surface area contributed by atoms with E-state index in [1.807, 2.05) is 32.9 Å². The second-order valence-corrected chi connectivity index (χ2v) is 5.43. The lowest BCUT2D eigenvalue weighted by molar-refractivity contribution is 0.195.